The number of rotatable bonds is 6. The van der Waals surface area contributed by atoms with Crippen LogP contribution in [0, 0.1) is 11.7 Å². The van der Waals surface area contributed by atoms with Gasteiger partial charge in [-0.3, -0.25) is 14.4 Å². The summed E-state index contributed by atoms with van der Waals surface area (Å²) in [5.41, 5.74) is 0.0865. The highest BCUT2D eigenvalue weighted by Crippen LogP contribution is 2.41. The maximum atomic E-state index is 13.5. The zero-order valence-electron chi connectivity index (χ0n) is 20.8. The number of anilines is 2. The van der Waals surface area contributed by atoms with E-state index in [0.29, 0.717) is 12.8 Å². The van der Waals surface area contributed by atoms with Crippen LogP contribution in [-0.2, 0) is 19.6 Å². The number of ether oxygens (including phenoxy) is 2. The van der Waals surface area contributed by atoms with E-state index in [9.17, 15) is 35.6 Å². The average molecular weight is 574 g/mol. The monoisotopic (exact) mass is 573 g/mol. The molecule has 0 radical (unpaired) electrons. The molecule has 1 saturated carbocycles. The van der Waals surface area contributed by atoms with E-state index in [0.717, 1.165) is 28.6 Å². The fraction of sp³-hybridized carbons (Fsp3) is 0.440. The van der Waals surface area contributed by atoms with E-state index in [1.165, 1.54) is 25.1 Å². The highest BCUT2D eigenvalue weighted by Gasteiger charge is 2.47. The molecule has 3 atom stereocenters. The van der Waals surface area contributed by atoms with Crippen molar-refractivity contribution >= 4 is 33.4 Å². The molecule has 0 bridgehead atoms. The van der Waals surface area contributed by atoms with Gasteiger partial charge in [-0.15, -0.1) is 0 Å². The molecule has 1 fully saturated rings. The number of alkyl halides is 3. The van der Waals surface area contributed by atoms with Gasteiger partial charge in [0.1, 0.15) is 23.8 Å². The second kappa shape index (κ2) is 11.3. The number of sulfonamides is 1. The molecule has 4 rings (SSSR count). The van der Waals surface area contributed by atoms with Gasteiger partial charge in [0.15, 0.2) is 0 Å². The fourth-order valence-electron chi connectivity index (χ4n) is 4.61. The SMILES string of the molecule is CC(=O)NC[C@H]1CN(S(=O)(=O)c2ccc(F)cc2)c2cc(NC(=O)OC3CCCCC3C(F)(F)F)ccc2O1. The van der Waals surface area contributed by atoms with Gasteiger partial charge in [0.25, 0.3) is 10.0 Å². The maximum Gasteiger partial charge on any atom is 0.411 e. The van der Waals surface area contributed by atoms with Gasteiger partial charge >= 0.3 is 12.3 Å². The smallest absolute Gasteiger partial charge is 0.411 e. The molecule has 9 nitrogen and oxygen atoms in total. The van der Waals surface area contributed by atoms with Gasteiger partial charge in [-0.25, -0.2) is 17.6 Å². The Kier molecular flexibility index (Phi) is 8.23. The largest absolute Gasteiger partial charge is 0.484 e. The topological polar surface area (TPSA) is 114 Å². The third-order valence-electron chi connectivity index (χ3n) is 6.50. The Morgan fingerprint density at radius 3 is 2.46 bits per heavy atom. The quantitative estimate of drug-likeness (QED) is 0.489. The van der Waals surface area contributed by atoms with Crippen molar-refractivity contribution in [1.82, 2.24) is 5.32 Å². The van der Waals surface area contributed by atoms with Crippen molar-refractivity contribution in [3.05, 3.63) is 48.3 Å². The molecular formula is C25H27F4N3O6S. The first-order chi connectivity index (χ1) is 18.3. The Balaban J connectivity index is 1.59. The standard InChI is InChI=1S/C25H27F4N3O6S/c1-15(33)30-13-18-14-32(39(35,36)19-9-6-16(26)7-10-19)21-12-17(8-11-23(21)37-18)31-24(34)38-22-5-3-2-4-20(22)25(27,28)29/h6-12,18,20,22H,2-5,13-14H2,1H3,(H,30,33)(H,31,34)/t18-,20?,22?/m0/s1. The molecule has 0 saturated heterocycles. The number of nitrogens with one attached hydrogen (secondary N) is 2. The predicted molar refractivity (Wildman–Crippen MR) is 132 cm³/mol. The van der Waals surface area contributed by atoms with Crippen LogP contribution in [-0.4, -0.2) is 51.9 Å². The van der Waals surface area contributed by atoms with Crippen LogP contribution in [0.5, 0.6) is 5.75 Å². The number of nitrogens with zero attached hydrogens (tertiary/aromatic N) is 1. The highest BCUT2D eigenvalue weighted by molar-refractivity contribution is 7.92. The van der Waals surface area contributed by atoms with E-state index in [1.54, 1.807) is 0 Å². The molecule has 0 spiro atoms. The third kappa shape index (κ3) is 6.72. The summed E-state index contributed by atoms with van der Waals surface area (Å²) in [6.07, 6.45) is -6.88. The summed E-state index contributed by atoms with van der Waals surface area (Å²) in [6, 6.07) is 8.25. The summed E-state index contributed by atoms with van der Waals surface area (Å²) in [6.45, 7) is 1.07. The zero-order valence-corrected chi connectivity index (χ0v) is 21.6. The Hall–Kier alpha value is -3.55. The first kappa shape index (κ1) is 28.5. The van der Waals surface area contributed by atoms with Crippen molar-refractivity contribution in [2.75, 3.05) is 22.7 Å². The predicted octanol–water partition coefficient (Wildman–Crippen LogP) is 4.59. The molecule has 1 heterocycles. The number of amides is 2. The second-order valence-corrected chi connectivity index (χ2v) is 11.2. The molecule has 2 N–H and O–H groups in total. The molecule has 2 aromatic rings. The van der Waals surface area contributed by atoms with Gasteiger partial charge in [-0.2, -0.15) is 13.2 Å². The van der Waals surface area contributed by atoms with E-state index in [1.807, 2.05) is 0 Å². The Morgan fingerprint density at radius 1 is 1.10 bits per heavy atom. The summed E-state index contributed by atoms with van der Waals surface area (Å²) >= 11 is 0. The lowest BCUT2D eigenvalue weighted by Gasteiger charge is -2.36. The molecule has 2 amide bonds. The van der Waals surface area contributed by atoms with Gasteiger partial charge in [0.05, 0.1) is 29.6 Å². The van der Waals surface area contributed by atoms with Crippen LogP contribution >= 0.6 is 0 Å². The van der Waals surface area contributed by atoms with Crippen molar-refractivity contribution < 1.29 is 45.0 Å². The van der Waals surface area contributed by atoms with Gasteiger partial charge < -0.3 is 14.8 Å². The summed E-state index contributed by atoms with van der Waals surface area (Å²) in [5.74, 6) is -2.62. The van der Waals surface area contributed by atoms with Gasteiger partial charge in [-0.05, 0) is 61.7 Å². The number of halogens is 4. The normalized spacial score (nSPS) is 21.4. The molecule has 2 aliphatic rings. The van der Waals surface area contributed by atoms with Crippen LogP contribution in [0.3, 0.4) is 0 Å². The fourth-order valence-corrected chi connectivity index (χ4v) is 6.11. The van der Waals surface area contributed by atoms with Crippen LogP contribution in [0.25, 0.3) is 0 Å². The van der Waals surface area contributed by atoms with Crippen molar-refractivity contribution in [3.8, 4) is 5.75 Å². The number of hydrogen-bond donors (Lipinski definition) is 2. The highest BCUT2D eigenvalue weighted by atomic mass is 32.2. The van der Waals surface area contributed by atoms with E-state index in [2.05, 4.69) is 10.6 Å². The summed E-state index contributed by atoms with van der Waals surface area (Å²) in [4.78, 5) is 23.7. The van der Waals surface area contributed by atoms with Crippen molar-refractivity contribution in [1.29, 1.82) is 0 Å². The minimum absolute atomic E-state index is 0.00169. The van der Waals surface area contributed by atoms with Crippen molar-refractivity contribution in [2.45, 2.75) is 55.9 Å². The average Bonchev–Trinajstić information content (AvgIpc) is 2.87. The lowest BCUT2D eigenvalue weighted by molar-refractivity contribution is -0.206. The van der Waals surface area contributed by atoms with Crippen LogP contribution in [0.4, 0.5) is 33.7 Å². The number of benzene rings is 2. The lowest BCUT2D eigenvalue weighted by atomic mass is 9.86. The third-order valence-corrected chi connectivity index (χ3v) is 8.29. The molecule has 0 aromatic heterocycles. The second-order valence-electron chi connectivity index (χ2n) is 9.35. The molecule has 2 unspecified atom stereocenters. The summed E-state index contributed by atoms with van der Waals surface area (Å²) < 4.78 is 92.6. The van der Waals surface area contributed by atoms with Gasteiger partial charge in [0, 0.05) is 12.6 Å². The molecule has 14 heteroatoms. The Labute approximate surface area is 222 Å². The lowest BCUT2D eigenvalue weighted by Crippen LogP contribution is -2.48. The van der Waals surface area contributed by atoms with Gasteiger partial charge in [0.2, 0.25) is 5.91 Å². The van der Waals surface area contributed by atoms with Crippen LogP contribution in [0.2, 0.25) is 0 Å². The molecule has 1 aliphatic carbocycles. The number of carbonyl (C=O) groups excluding carboxylic acids is 2. The van der Waals surface area contributed by atoms with Crippen LogP contribution < -0.4 is 19.7 Å². The summed E-state index contributed by atoms with van der Waals surface area (Å²) in [7, 11) is -4.25. The number of carbonyl (C=O) groups is 2. The molecule has 39 heavy (non-hydrogen) atoms. The first-order valence-electron chi connectivity index (χ1n) is 12.2. The van der Waals surface area contributed by atoms with Crippen molar-refractivity contribution in [3.63, 3.8) is 0 Å². The van der Waals surface area contributed by atoms with E-state index in [4.69, 9.17) is 9.47 Å². The number of hydrogen-bond acceptors (Lipinski definition) is 6. The van der Waals surface area contributed by atoms with Crippen LogP contribution in [0.1, 0.15) is 32.6 Å². The summed E-state index contributed by atoms with van der Waals surface area (Å²) in [5, 5.41) is 4.94. The first-order valence-corrected chi connectivity index (χ1v) is 13.7. The van der Waals surface area contributed by atoms with Gasteiger partial charge in [-0.1, -0.05) is 6.42 Å². The van der Waals surface area contributed by atoms with Crippen LogP contribution in [0.15, 0.2) is 47.4 Å². The van der Waals surface area contributed by atoms with Crippen molar-refractivity contribution in [2.24, 2.45) is 5.92 Å². The zero-order chi connectivity index (χ0) is 28.4. The maximum absolute atomic E-state index is 13.5. The van der Waals surface area contributed by atoms with E-state index in [-0.39, 0.29) is 53.9 Å². The minimum atomic E-state index is -4.50. The van der Waals surface area contributed by atoms with E-state index < -0.39 is 46.2 Å². The molecule has 212 valence electrons. The Morgan fingerprint density at radius 2 is 1.79 bits per heavy atom. The van der Waals surface area contributed by atoms with E-state index >= 15 is 0 Å². The Bertz CT molecular complexity index is 1320. The minimum Gasteiger partial charge on any atom is -0.484 e. The molecule has 1 aliphatic heterocycles. The number of fused-ring (bicyclic) bond motifs is 1. The molecule has 2 aromatic carbocycles. The molecular weight excluding hydrogens is 546 g/mol.